The van der Waals surface area contributed by atoms with Gasteiger partial charge in [-0.15, -0.1) is 0 Å². The number of benzene rings is 1. The monoisotopic (exact) mass is 291 g/mol. The molecule has 0 amide bonds. The molecule has 0 spiro atoms. The van der Waals surface area contributed by atoms with Gasteiger partial charge in [-0.3, -0.25) is 4.90 Å². The van der Waals surface area contributed by atoms with E-state index >= 15 is 0 Å². The number of aromatic carboxylic acids is 1. The summed E-state index contributed by atoms with van der Waals surface area (Å²) in [5.74, 6) is 0.336. The van der Waals surface area contributed by atoms with Crippen molar-refractivity contribution in [2.45, 2.75) is 45.2 Å². The zero-order chi connectivity index (χ0) is 15.4. The van der Waals surface area contributed by atoms with Crippen molar-refractivity contribution in [3.05, 3.63) is 29.3 Å². The average molecular weight is 291 g/mol. The maximum atomic E-state index is 11.1. The molecular weight excluding hydrogens is 266 g/mol. The molecule has 0 saturated heterocycles. The minimum atomic E-state index is -0.951. The molecule has 2 rings (SSSR count). The number of carbonyl (C=O) groups is 1. The van der Waals surface area contributed by atoms with E-state index in [1.165, 1.54) is 32.8 Å². The Bertz CT molecular complexity index is 493. The highest BCUT2D eigenvalue weighted by atomic mass is 16.5. The van der Waals surface area contributed by atoms with Crippen LogP contribution < -0.4 is 4.74 Å². The fourth-order valence-electron chi connectivity index (χ4n) is 3.11. The molecule has 1 aliphatic rings. The van der Waals surface area contributed by atoms with E-state index in [9.17, 15) is 4.79 Å². The predicted octanol–water partition coefficient (Wildman–Crippen LogP) is 3.40. The molecule has 1 N–H and O–H groups in total. The standard InChI is InChI=1S/C17H25NO3/c1-12-4-7-14(8-5-12)18(2)11-13-6-9-15(17(19)20)16(10-13)21-3/h6,9-10,12,14H,4-5,7-8,11H2,1-3H3,(H,19,20). The number of carboxylic acid groups (broad SMARTS) is 1. The summed E-state index contributed by atoms with van der Waals surface area (Å²) < 4.78 is 5.19. The third-order valence-corrected chi connectivity index (χ3v) is 4.54. The Hall–Kier alpha value is -1.55. The van der Waals surface area contributed by atoms with Crippen LogP contribution in [0.4, 0.5) is 0 Å². The van der Waals surface area contributed by atoms with Gasteiger partial charge in [-0.1, -0.05) is 13.0 Å². The van der Waals surface area contributed by atoms with Crippen LogP contribution in [0, 0.1) is 5.92 Å². The Morgan fingerprint density at radius 3 is 2.57 bits per heavy atom. The topological polar surface area (TPSA) is 49.8 Å². The number of nitrogens with zero attached hydrogens (tertiary/aromatic N) is 1. The Labute approximate surface area is 126 Å². The molecule has 0 radical (unpaired) electrons. The van der Waals surface area contributed by atoms with E-state index < -0.39 is 5.97 Å². The molecule has 1 aromatic carbocycles. The van der Waals surface area contributed by atoms with Crippen molar-refractivity contribution in [1.29, 1.82) is 0 Å². The number of carboxylic acids is 1. The smallest absolute Gasteiger partial charge is 0.339 e. The zero-order valence-electron chi connectivity index (χ0n) is 13.1. The Balaban J connectivity index is 2.03. The van der Waals surface area contributed by atoms with Crippen molar-refractivity contribution in [3.63, 3.8) is 0 Å². The molecule has 0 aliphatic heterocycles. The van der Waals surface area contributed by atoms with E-state index in [0.717, 1.165) is 18.0 Å². The Kier molecular flexibility index (Phi) is 5.23. The van der Waals surface area contributed by atoms with Gasteiger partial charge in [-0.25, -0.2) is 4.79 Å². The van der Waals surface area contributed by atoms with Crippen molar-refractivity contribution >= 4 is 5.97 Å². The third kappa shape index (κ3) is 3.97. The second kappa shape index (κ2) is 6.94. The van der Waals surface area contributed by atoms with E-state index in [-0.39, 0.29) is 5.56 Å². The number of hydrogen-bond acceptors (Lipinski definition) is 3. The van der Waals surface area contributed by atoms with Crippen LogP contribution >= 0.6 is 0 Å². The normalized spacial score (nSPS) is 22.3. The molecule has 0 atom stereocenters. The van der Waals surface area contributed by atoms with Gasteiger partial charge in [0.1, 0.15) is 11.3 Å². The van der Waals surface area contributed by atoms with Gasteiger partial charge in [-0.05, 0) is 56.3 Å². The van der Waals surface area contributed by atoms with Crippen molar-refractivity contribution in [3.8, 4) is 5.75 Å². The Morgan fingerprint density at radius 1 is 1.33 bits per heavy atom. The van der Waals surface area contributed by atoms with E-state index in [2.05, 4.69) is 18.9 Å². The van der Waals surface area contributed by atoms with Crippen LogP contribution in [0.2, 0.25) is 0 Å². The lowest BCUT2D eigenvalue weighted by atomic mass is 9.86. The number of ether oxygens (including phenoxy) is 1. The molecule has 1 fully saturated rings. The van der Waals surface area contributed by atoms with Crippen LogP contribution in [0.3, 0.4) is 0 Å². The summed E-state index contributed by atoms with van der Waals surface area (Å²) in [6, 6.07) is 5.98. The van der Waals surface area contributed by atoms with E-state index in [0.29, 0.717) is 11.8 Å². The molecule has 116 valence electrons. The van der Waals surface area contributed by atoms with Gasteiger partial charge in [0.15, 0.2) is 0 Å². The van der Waals surface area contributed by atoms with Crippen LogP contribution in [0.5, 0.6) is 5.75 Å². The molecule has 4 nitrogen and oxygen atoms in total. The van der Waals surface area contributed by atoms with Crippen LogP contribution in [0.25, 0.3) is 0 Å². The molecule has 1 aliphatic carbocycles. The maximum absolute atomic E-state index is 11.1. The van der Waals surface area contributed by atoms with Crippen LogP contribution in [-0.2, 0) is 6.54 Å². The molecule has 1 saturated carbocycles. The average Bonchev–Trinajstić information content (AvgIpc) is 2.47. The van der Waals surface area contributed by atoms with Gasteiger partial charge in [0.05, 0.1) is 7.11 Å². The molecule has 1 aromatic rings. The lowest BCUT2D eigenvalue weighted by Crippen LogP contribution is -2.34. The Morgan fingerprint density at radius 2 is 2.00 bits per heavy atom. The highest BCUT2D eigenvalue weighted by molar-refractivity contribution is 5.90. The van der Waals surface area contributed by atoms with Gasteiger partial charge in [0.2, 0.25) is 0 Å². The summed E-state index contributed by atoms with van der Waals surface area (Å²) in [4.78, 5) is 13.5. The number of methoxy groups -OCH3 is 1. The first-order valence-electron chi connectivity index (χ1n) is 7.61. The van der Waals surface area contributed by atoms with Gasteiger partial charge in [-0.2, -0.15) is 0 Å². The minimum Gasteiger partial charge on any atom is -0.496 e. The van der Waals surface area contributed by atoms with Gasteiger partial charge >= 0.3 is 5.97 Å². The van der Waals surface area contributed by atoms with E-state index in [4.69, 9.17) is 9.84 Å². The van der Waals surface area contributed by atoms with Gasteiger partial charge in [0.25, 0.3) is 0 Å². The van der Waals surface area contributed by atoms with E-state index in [1.54, 1.807) is 6.07 Å². The second-order valence-corrected chi connectivity index (χ2v) is 6.17. The van der Waals surface area contributed by atoms with Crippen LogP contribution in [0.15, 0.2) is 18.2 Å². The molecule has 0 aromatic heterocycles. The largest absolute Gasteiger partial charge is 0.496 e. The van der Waals surface area contributed by atoms with Crippen LogP contribution in [-0.4, -0.2) is 36.2 Å². The summed E-state index contributed by atoms with van der Waals surface area (Å²) in [7, 11) is 3.66. The zero-order valence-corrected chi connectivity index (χ0v) is 13.1. The predicted molar refractivity (Wildman–Crippen MR) is 82.8 cm³/mol. The lowest BCUT2D eigenvalue weighted by Gasteiger charge is -2.33. The molecule has 0 unspecified atom stereocenters. The van der Waals surface area contributed by atoms with Crippen molar-refractivity contribution in [2.24, 2.45) is 5.92 Å². The highest BCUT2D eigenvalue weighted by Gasteiger charge is 2.22. The molecule has 4 heteroatoms. The fourth-order valence-corrected chi connectivity index (χ4v) is 3.11. The third-order valence-electron chi connectivity index (χ3n) is 4.54. The summed E-state index contributed by atoms with van der Waals surface area (Å²) in [5.41, 5.74) is 1.31. The first kappa shape index (κ1) is 15.8. The molecule has 0 bridgehead atoms. The quantitative estimate of drug-likeness (QED) is 0.903. The van der Waals surface area contributed by atoms with Crippen LogP contribution in [0.1, 0.15) is 48.5 Å². The molecule has 0 heterocycles. The lowest BCUT2D eigenvalue weighted by molar-refractivity contribution is 0.0693. The minimum absolute atomic E-state index is 0.218. The fraction of sp³-hybridized carbons (Fsp3) is 0.588. The van der Waals surface area contributed by atoms with Gasteiger partial charge < -0.3 is 9.84 Å². The van der Waals surface area contributed by atoms with Gasteiger partial charge in [0, 0.05) is 12.6 Å². The van der Waals surface area contributed by atoms with Crippen molar-refractivity contribution in [2.75, 3.05) is 14.2 Å². The first-order valence-corrected chi connectivity index (χ1v) is 7.61. The molecular formula is C17H25NO3. The SMILES string of the molecule is COc1cc(CN(C)C2CCC(C)CC2)ccc1C(=O)O. The number of hydrogen-bond donors (Lipinski definition) is 1. The van der Waals surface area contributed by atoms with Crippen molar-refractivity contribution < 1.29 is 14.6 Å². The van der Waals surface area contributed by atoms with E-state index in [1.807, 2.05) is 12.1 Å². The maximum Gasteiger partial charge on any atom is 0.339 e. The summed E-state index contributed by atoms with van der Waals surface area (Å²) in [6.45, 7) is 3.15. The summed E-state index contributed by atoms with van der Waals surface area (Å²) >= 11 is 0. The highest BCUT2D eigenvalue weighted by Crippen LogP contribution is 2.28. The summed E-state index contributed by atoms with van der Waals surface area (Å²) in [6.07, 6.45) is 5.11. The first-order chi connectivity index (χ1) is 10.0. The summed E-state index contributed by atoms with van der Waals surface area (Å²) in [5, 5.41) is 9.11. The second-order valence-electron chi connectivity index (χ2n) is 6.17. The molecule has 21 heavy (non-hydrogen) atoms. The number of rotatable bonds is 5. The van der Waals surface area contributed by atoms with Crippen molar-refractivity contribution in [1.82, 2.24) is 4.90 Å².